The van der Waals surface area contributed by atoms with Gasteiger partial charge in [-0.05, 0) is 12.3 Å². The highest BCUT2D eigenvalue weighted by atomic mass is 19.3. The SMILES string of the molecule is CC(C)CC1CN(CC(F)(F)c2ccccc2)CCN1. The van der Waals surface area contributed by atoms with Gasteiger partial charge in [0.15, 0.2) is 0 Å². The molecule has 1 heterocycles. The Hall–Kier alpha value is -1.00. The molecule has 1 atom stereocenters. The van der Waals surface area contributed by atoms with Crippen LogP contribution in [0.15, 0.2) is 30.3 Å². The number of hydrogen-bond donors (Lipinski definition) is 1. The molecule has 0 bridgehead atoms. The fraction of sp³-hybridized carbons (Fsp3) is 0.625. The normalized spacial score (nSPS) is 21.4. The summed E-state index contributed by atoms with van der Waals surface area (Å²) >= 11 is 0. The Balaban J connectivity index is 1.95. The molecular weight excluding hydrogens is 258 g/mol. The molecule has 0 spiro atoms. The van der Waals surface area contributed by atoms with Crippen LogP contribution in [-0.2, 0) is 5.92 Å². The standard InChI is InChI=1S/C16H24F2N2/c1-13(2)10-15-11-20(9-8-19-15)12-16(17,18)14-6-4-3-5-7-14/h3-7,13,15,19H,8-12H2,1-2H3. The molecule has 1 fully saturated rings. The van der Waals surface area contributed by atoms with Gasteiger partial charge in [-0.25, -0.2) is 0 Å². The average Bonchev–Trinajstić information content (AvgIpc) is 2.39. The highest BCUT2D eigenvalue weighted by Gasteiger charge is 2.35. The summed E-state index contributed by atoms with van der Waals surface area (Å²) in [7, 11) is 0. The maximum atomic E-state index is 14.3. The lowest BCUT2D eigenvalue weighted by molar-refractivity contribution is -0.0438. The zero-order valence-corrected chi connectivity index (χ0v) is 12.3. The highest BCUT2D eigenvalue weighted by Crippen LogP contribution is 2.29. The first-order valence-electron chi connectivity index (χ1n) is 7.36. The molecule has 1 N–H and O–H groups in total. The van der Waals surface area contributed by atoms with Crippen LogP contribution < -0.4 is 5.32 Å². The van der Waals surface area contributed by atoms with Crippen LogP contribution in [0.25, 0.3) is 0 Å². The second-order valence-corrected chi connectivity index (χ2v) is 6.09. The number of nitrogens with zero attached hydrogens (tertiary/aromatic N) is 1. The van der Waals surface area contributed by atoms with Gasteiger partial charge in [-0.1, -0.05) is 44.2 Å². The Morgan fingerprint density at radius 3 is 2.65 bits per heavy atom. The Morgan fingerprint density at radius 2 is 2.00 bits per heavy atom. The second-order valence-electron chi connectivity index (χ2n) is 6.09. The molecule has 2 rings (SSSR count). The van der Waals surface area contributed by atoms with E-state index in [2.05, 4.69) is 19.2 Å². The minimum Gasteiger partial charge on any atom is -0.311 e. The molecule has 0 amide bonds. The Kier molecular flexibility index (Phi) is 5.11. The van der Waals surface area contributed by atoms with Gasteiger partial charge in [0.2, 0.25) is 0 Å². The summed E-state index contributed by atoms with van der Waals surface area (Å²) in [5.74, 6) is -2.19. The maximum absolute atomic E-state index is 14.3. The first kappa shape index (κ1) is 15.4. The van der Waals surface area contributed by atoms with Crippen molar-refractivity contribution in [2.45, 2.75) is 32.2 Å². The quantitative estimate of drug-likeness (QED) is 0.893. The van der Waals surface area contributed by atoms with Crippen LogP contribution in [-0.4, -0.2) is 37.1 Å². The van der Waals surface area contributed by atoms with E-state index in [9.17, 15) is 8.78 Å². The topological polar surface area (TPSA) is 15.3 Å². The van der Waals surface area contributed by atoms with Crippen LogP contribution in [0.2, 0.25) is 0 Å². The van der Waals surface area contributed by atoms with Gasteiger partial charge in [-0.15, -0.1) is 0 Å². The number of hydrogen-bond acceptors (Lipinski definition) is 2. The lowest BCUT2D eigenvalue weighted by Crippen LogP contribution is -2.53. The first-order valence-corrected chi connectivity index (χ1v) is 7.36. The number of alkyl halides is 2. The molecule has 0 aromatic heterocycles. The minimum atomic E-state index is -2.78. The average molecular weight is 282 g/mol. The maximum Gasteiger partial charge on any atom is 0.285 e. The smallest absolute Gasteiger partial charge is 0.285 e. The summed E-state index contributed by atoms with van der Waals surface area (Å²) < 4.78 is 28.5. The van der Waals surface area contributed by atoms with E-state index in [-0.39, 0.29) is 12.1 Å². The molecular formula is C16H24F2N2. The fourth-order valence-electron chi connectivity index (χ4n) is 2.82. The Morgan fingerprint density at radius 1 is 1.30 bits per heavy atom. The highest BCUT2D eigenvalue weighted by molar-refractivity contribution is 5.20. The number of halogens is 2. The van der Waals surface area contributed by atoms with E-state index in [0.29, 0.717) is 25.0 Å². The largest absolute Gasteiger partial charge is 0.311 e. The van der Waals surface area contributed by atoms with Crippen molar-refractivity contribution in [3.8, 4) is 0 Å². The van der Waals surface area contributed by atoms with Crippen molar-refractivity contribution < 1.29 is 8.78 Å². The lowest BCUT2D eigenvalue weighted by atomic mass is 10.0. The summed E-state index contributed by atoms with van der Waals surface area (Å²) in [6.45, 7) is 6.34. The van der Waals surface area contributed by atoms with E-state index in [1.54, 1.807) is 18.2 Å². The van der Waals surface area contributed by atoms with Gasteiger partial charge in [-0.2, -0.15) is 8.78 Å². The summed E-state index contributed by atoms with van der Waals surface area (Å²) in [5, 5.41) is 3.42. The Bertz CT molecular complexity index is 406. The predicted molar refractivity (Wildman–Crippen MR) is 78.0 cm³/mol. The van der Waals surface area contributed by atoms with E-state index < -0.39 is 5.92 Å². The van der Waals surface area contributed by atoms with Gasteiger partial charge in [-0.3, -0.25) is 4.90 Å². The monoisotopic (exact) mass is 282 g/mol. The zero-order valence-electron chi connectivity index (χ0n) is 12.3. The molecule has 1 unspecified atom stereocenters. The van der Waals surface area contributed by atoms with E-state index >= 15 is 0 Å². The van der Waals surface area contributed by atoms with Crippen molar-refractivity contribution in [2.24, 2.45) is 5.92 Å². The molecule has 4 heteroatoms. The lowest BCUT2D eigenvalue weighted by Gasteiger charge is -2.36. The molecule has 0 aliphatic carbocycles. The Labute approximate surface area is 120 Å². The molecule has 0 radical (unpaired) electrons. The third-order valence-electron chi connectivity index (χ3n) is 3.71. The summed E-state index contributed by atoms with van der Waals surface area (Å²) in [5.41, 5.74) is 0.110. The van der Waals surface area contributed by atoms with Gasteiger partial charge in [0.05, 0.1) is 6.54 Å². The van der Waals surface area contributed by atoms with Crippen LogP contribution in [0.3, 0.4) is 0 Å². The van der Waals surface area contributed by atoms with Gasteiger partial charge >= 0.3 is 0 Å². The molecule has 1 aliphatic heterocycles. The molecule has 20 heavy (non-hydrogen) atoms. The van der Waals surface area contributed by atoms with Gasteiger partial charge in [0.25, 0.3) is 5.92 Å². The van der Waals surface area contributed by atoms with E-state index in [0.717, 1.165) is 13.0 Å². The first-order chi connectivity index (χ1) is 9.47. The third kappa shape index (κ3) is 4.25. The zero-order chi connectivity index (χ0) is 14.6. The molecule has 1 aliphatic rings. The van der Waals surface area contributed by atoms with Crippen LogP contribution in [0.4, 0.5) is 8.78 Å². The van der Waals surface area contributed by atoms with Crippen molar-refractivity contribution in [3.05, 3.63) is 35.9 Å². The van der Waals surface area contributed by atoms with E-state index in [4.69, 9.17) is 0 Å². The van der Waals surface area contributed by atoms with E-state index in [1.807, 2.05) is 4.90 Å². The molecule has 112 valence electrons. The van der Waals surface area contributed by atoms with E-state index in [1.165, 1.54) is 12.1 Å². The molecule has 1 saturated heterocycles. The molecule has 2 nitrogen and oxygen atoms in total. The van der Waals surface area contributed by atoms with Crippen molar-refractivity contribution in [3.63, 3.8) is 0 Å². The number of benzene rings is 1. The number of nitrogens with one attached hydrogen (secondary N) is 1. The van der Waals surface area contributed by atoms with Gasteiger partial charge < -0.3 is 5.32 Å². The molecule has 1 aromatic rings. The predicted octanol–water partition coefficient (Wildman–Crippen LogP) is 3.10. The molecule has 0 saturated carbocycles. The summed E-state index contributed by atoms with van der Waals surface area (Å²) in [6.07, 6.45) is 1.04. The summed E-state index contributed by atoms with van der Waals surface area (Å²) in [6, 6.07) is 8.45. The number of rotatable bonds is 5. The van der Waals surface area contributed by atoms with Crippen LogP contribution in [0.1, 0.15) is 25.8 Å². The minimum absolute atomic E-state index is 0.110. The second kappa shape index (κ2) is 6.64. The van der Waals surface area contributed by atoms with Crippen molar-refractivity contribution >= 4 is 0 Å². The van der Waals surface area contributed by atoms with Crippen LogP contribution in [0, 0.1) is 5.92 Å². The van der Waals surface area contributed by atoms with Gasteiger partial charge in [0.1, 0.15) is 0 Å². The third-order valence-corrected chi connectivity index (χ3v) is 3.71. The fourth-order valence-corrected chi connectivity index (χ4v) is 2.82. The van der Waals surface area contributed by atoms with Crippen molar-refractivity contribution in [2.75, 3.05) is 26.2 Å². The number of piperazine rings is 1. The van der Waals surface area contributed by atoms with Crippen molar-refractivity contribution in [1.29, 1.82) is 0 Å². The molecule has 1 aromatic carbocycles. The van der Waals surface area contributed by atoms with Gasteiger partial charge in [0, 0.05) is 31.2 Å². The summed E-state index contributed by atoms with van der Waals surface area (Å²) in [4.78, 5) is 1.89. The van der Waals surface area contributed by atoms with Crippen molar-refractivity contribution in [1.82, 2.24) is 10.2 Å². The van der Waals surface area contributed by atoms with Crippen LogP contribution >= 0.6 is 0 Å². The van der Waals surface area contributed by atoms with Crippen LogP contribution in [0.5, 0.6) is 0 Å².